The summed E-state index contributed by atoms with van der Waals surface area (Å²) in [5, 5.41) is 48.7. The Bertz CT molecular complexity index is 1720. The molecular formula is C38H48N7O8PTc. The number of carbonyl (C=O) groups is 4. The van der Waals surface area contributed by atoms with E-state index in [4.69, 9.17) is 26.3 Å². The van der Waals surface area contributed by atoms with Crippen LogP contribution >= 0.6 is 7.92 Å². The maximum atomic E-state index is 13.0. The Morgan fingerprint density at radius 2 is 1.38 bits per heavy atom. The number of rotatable bonds is 19. The van der Waals surface area contributed by atoms with Gasteiger partial charge in [0, 0.05) is 45.5 Å². The van der Waals surface area contributed by atoms with Crippen molar-refractivity contribution >= 4 is 53.3 Å². The van der Waals surface area contributed by atoms with Crippen molar-refractivity contribution in [3.63, 3.8) is 0 Å². The van der Waals surface area contributed by atoms with Crippen molar-refractivity contribution in [3.05, 3.63) is 120 Å². The first-order valence-electron chi connectivity index (χ1n) is 17.2. The number of unbranched alkanes of at least 4 members (excludes halogenated alkanes) is 1. The van der Waals surface area contributed by atoms with Crippen LogP contribution in [-0.4, -0.2) is 101 Å². The topological polar surface area (TPSA) is 246 Å². The van der Waals surface area contributed by atoms with Crippen molar-refractivity contribution in [2.24, 2.45) is 0 Å². The second kappa shape index (κ2) is 24.7. The van der Waals surface area contributed by atoms with Crippen LogP contribution in [0, 0.1) is 0 Å². The average Bonchev–Trinajstić information content (AvgIpc) is 3.21. The monoisotopic (exact) mass is 858 g/mol. The molecule has 1 radical (unpaired) electrons. The third kappa shape index (κ3) is 14.9. The van der Waals surface area contributed by atoms with Crippen LogP contribution in [0.5, 0.6) is 0 Å². The van der Waals surface area contributed by atoms with E-state index in [0.29, 0.717) is 42.8 Å². The SMILES string of the molecule is CNC(=O)C(CCCCNC(=O)c1cccc([PH+](c2ccccc2)c2ccccc2)c1)NC(=O)c1ccc(N[NH-])nc1.O=C(O)CNC(CO)(CO)CO.[Tc]. The molecule has 0 saturated carbocycles. The minimum absolute atomic E-state index is 0. The Hall–Kier alpha value is -4.63. The zero-order valence-corrected chi connectivity index (χ0v) is 33.2. The molecule has 295 valence electrons. The summed E-state index contributed by atoms with van der Waals surface area (Å²) in [5.41, 5.74) is 1.75. The van der Waals surface area contributed by atoms with Crippen molar-refractivity contribution in [3.8, 4) is 0 Å². The minimum Gasteiger partial charge on any atom is -0.585 e. The van der Waals surface area contributed by atoms with Crippen molar-refractivity contribution in [2.45, 2.75) is 30.8 Å². The van der Waals surface area contributed by atoms with E-state index in [1.54, 1.807) is 0 Å². The molecule has 1 heterocycles. The Kier molecular flexibility index (Phi) is 20.9. The molecule has 1 unspecified atom stereocenters. The molecule has 0 fully saturated rings. The molecule has 3 amide bonds. The number of anilines is 1. The Labute approximate surface area is 334 Å². The number of benzene rings is 3. The molecule has 55 heavy (non-hydrogen) atoms. The molecule has 1 aromatic heterocycles. The summed E-state index contributed by atoms with van der Waals surface area (Å²) >= 11 is 0. The number of aromatic nitrogens is 1. The molecule has 0 spiro atoms. The van der Waals surface area contributed by atoms with Gasteiger partial charge in [-0.2, -0.15) is 0 Å². The number of aliphatic hydroxyl groups excluding tert-OH is 3. The van der Waals surface area contributed by atoms with Crippen LogP contribution in [0.2, 0.25) is 0 Å². The molecule has 0 aliphatic rings. The van der Waals surface area contributed by atoms with Gasteiger partial charge in [-0.25, -0.2) is 4.98 Å². The van der Waals surface area contributed by atoms with Crippen LogP contribution in [0.1, 0.15) is 40.0 Å². The zero-order valence-electron chi connectivity index (χ0n) is 30.3. The van der Waals surface area contributed by atoms with Crippen molar-refractivity contribution in [1.82, 2.24) is 26.3 Å². The predicted molar refractivity (Wildman–Crippen MR) is 210 cm³/mol. The standard InChI is InChI=1S/C32H34N6O3P.C6H13NO5.Tc/c1-34-32(41)28(37-31(40)24-18-19-29(38-33)36-22-24)17-8-9-20-35-30(39)23-11-10-16-27(21-23)42(25-12-4-2-5-13-25)26-14-6-3-7-15-26;8-2-6(3-9,4-10)7-1-5(11)12;/h2-7,10-16,18-19,21-22,28,33H,8-9,17,20H2,1H3,(H,34,41)(H,35,39)(H2,36,37,38,40);7-10H,1-4H2,(H,11,12);/q-1;;/p+1. The molecule has 4 rings (SSSR count). The number of amides is 3. The fourth-order valence-electron chi connectivity index (χ4n) is 5.17. The van der Waals surface area contributed by atoms with E-state index < -0.39 is 57.7 Å². The van der Waals surface area contributed by atoms with Crippen LogP contribution in [-0.2, 0) is 29.7 Å². The number of likely N-dealkylation sites (N-methyl/N-ethyl adjacent to an activating group) is 1. The Morgan fingerprint density at radius 1 is 0.782 bits per heavy atom. The van der Waals surface area contributed by atoms with Crippen LogP contribution in [0.3, 0.4) is 0 Å². The molecule has 4 aromatic rings. The number of aliphatic hydroxyl groups is 3. The molecule has 1 atom stereocenters. The van der Waals surface area contributed by atoms with Gasteiger partial charge >= 0.3 is 5.97 Å². The second-order valence-electron chi connectivity index (χ2n) is 12.1. The number of carboxylic acids is 1. The van der Waals surface area contributed by atoms with Gasteiger partial charge in [-0.1, -0.05) is 42.5 Å². The minimum atomic E-state index is -1.31. The maximum absolute atomic E-state index is 13.0. The van der Waals surface area contributed by atoms with E-state index in [-0.39, 0.29) is 31.9 Å². The fourth-order valence-corrected chi connectivity index (χ4v) is 7.78. The number of carbonyl (C=O) groups excluding carboxylic acids is 3. The van der Waals surface area contributed by atoms with Crippen molar-refractivity contribution in [1.29, 1.82) is 0 Å². The summed E-state index contributed by atoms with van der Waals surface area (Å²) in [6.45, 7) is -1.53. The number of carboxylic acid groups (broad SMARTS) is 1. The first kappa shape index (κ1) is 46.5. The van der Waals surface area contributed by atoms with Gasteiger partial charge in [0.1, 0.15) is 27.8 Å². The molecule has 0 saturated heterocycles. The van der Waals surface area contributed by atoms with Gasteiger partial charge in [0.05, 0.1) is 45.4 Å². The second-order valence-corrected chi connectivity index (χ2v) is 14.6. The summed E-state index contributed by atoms with van der Waals surface area (Å²) in [6, 6.07) is 31.0. The maximum Gasteiger partial charge on any atom is 0.317 e. The zero-order chi connectivity index (χ0) is 39.3. The van der Waals surface area contributed by atoms with E-state index >= 15 is 0 Å². The van der Waals surface area contributed by atoms with Gasteiger partial charge in [0.2, 0.25) is 5.91 Å². The first-order chi connectivity index (χ1) is 26.1. The first-order valence-corrected chi connectivity index (χ1v) is 18.7. The molecule has 15 nitrogen and oxygen atoms in total. The average molecular weight is 860 g/mol. The normalized spacial score (nSPS) is 11.2. The number of nitrogens with zero attached hydrogens (tertiary/aromatic N) is 1. The summed E-state index contributed by atoms with van der Waals surface area (Å²) in [4.78, 5) is 52.1. The van der Waals surface area contributed by atoms with Gasteiger partial charge in [0.15, 0.2) is 0 Å². The molecule has 10 N–H and O–H groups in total. The summed E-state index contributed by atoms with van der Waals surface area (Å²) in [7, 11) is 0.240. The smallest absolute Gasteiger partial charge is 0.317 e. The summed E-state index contributed by atoms with van der Waals surface area (Å²) in [6.07, 6.45) is 3.02. The number of nitrogens with one attached hydrogen (secondary N) is 6. The number of aliphatic carboxylic acids is 1. The Morgan fingerprint density at radius 3 is 1.89 bits per heavy atom. The number of hydrogen-bond donors (Lipinski definition) is 9. The van der Waals surface area contributed by atoms with E-state index in [0.717, 1.165) is 5.30 Å². The van der Waals surface area contributed by atoms with Gasteiger partial charge < -0.3 is 47.6 Å². The van der Waals surface area contributed by atoms with Crippen LogP contribution in [0.25, 0.3) is 5.84 Å². The molecule has 0 aliphatic heterocycles. The van der Waals surface area contributed by atoms with Gasteiger partial charge in [0.25, 0.3) is 11.8 Å². The van der Waals surface area contributed by atoms with Crippen molar-refractivity contribution in [2.75, 3.05) is 45.4 Å². The third-order valence-electron chi connectivity index (χ3n) is 8.29. The van der Waals surface area contributed by atoms with E-state index in [1.165, 1.54) is 36.0 Å². The molecule has 17 heteroatoms. The van der Waals surface area contributed by atoms with E-state index in [9.17, 15) is 19.2 Å². The predicted octanol–water partition coefficient (Wildman–Crippen LogP) is 0.770. The van der Waals surface area contributed by atoms with Gasteiger partial charge in [-0.05, 0) is 73.9 Å². The molecule has 0 aliphatic carbocycles. The van der Waals surface area contributed by atoms with Gasteiger partial charge in [-0.3, -0.25) is 24.5 Å². The van der Waals surface area contributed by atoms with Crippen LogP contribution < -0.4 is 42.6 Å². The van der Waals surface area contributed by atoms with Crippen LogP contribution in [0.4, 0.5) is 5.82 Å². The fraction of sp³-hybridized carbons (Fsp3) is 0.289. The summed E-state index contributed by atoms with van der Waals surface area (Å²) < 4.78 is 0. The van der Waals surface area contributed by atoms with Gasteiger partial charge in [-0.15, -0.1) is 0 Å². The molecular weight excluding hydrogens is 811 g/mol. The van der Waals surface area contributed by atoms with Crippen LogP contribution in [0.15, 0.2) is 103 Å². The number of hydrogen-bond acceptors (Lipinski definition) is 10. The van der Waals surface area contributed by atoms with E-state index in [2.05, 4.69) is 62.0 Å². The summed E-state index contributed by atoms with van der Waals surface area (Å²) in [5.74, 6) is 5.44. The Balaban J connectivity index is 0.000000694. The number of pyridine rings is 1. The quantitative estimate of drug-likeness (QED) is 0.0362. The van der Waals surface area contributed by atoms with Crippen molar-refractivity contribution < 1.29 is 59.7 Å². The molecule has 3 aromatic carbocycles. The van der Waals surface area contributed by atoms with E-state index in [1.807, 2.05) is 54.6 Å². The third-order valence-corrected chi connectivity index (χ3v) is 11.0. The molecule has 0 bridgehead atoms. The largest absolute Gasteiger partial charge is 0.585 e.